The highest BCUT2D eigenvalue weighted by atomic mass is 35.5. The minimum atomic E-state index is -1.04. The lowest BCUT2D eigenvalue weighted by Gasteiger charge is -2.20. The second-order valence-electron chi connectivity index (χ2n) is 5.97. The summed E-state index contributed by atoms with van der Waals surface area (Å²) in [7, 11) is 1.59. The molecule has 0 saturated carbocycles. The number of carbonyl (C=O) groups excluding carboxylic acids is 1. The Morgan fingerprint density at radius 3 is 2.74 bits per heavy atom. The lowest BCUT2D eigenvalue weighted by Crippen LogP contribution is -2.35. The molecule has 3 aromatic rings. The summed E-state index contributed by atoms with van der Waals surface area (Å²) in [6, 6.07) is 10.8. The maximum Gasteiger partial charge on any atom is 0.304 e. The molecule has 1 unspecified atom stereocenters. The second-order valence-corrected chi connectivity index (χ2v) is 7.21. The molecule has 0 spiro atoms. The van der Waals surface area contributed by atoms with Gasteiger partial charge in [-0.1, -0.05) is 29.8 Å². The Bertz CT molecular complexity index is 939. The Morgan fingerprint density at radius 1 is 1.30 bits per heavy atom. The number of nitrogens with zero attached hydrogens (tertiary/aromatic N) is 2. The van der Waals surface area contributed by atoms with Crippen LogP contribution in [0.5, 0.6) is 0 Å². The van der Waals surface area contributed by atoms with Crippen LogP contribution < -0.4 is 4.90 Å². The van der Waals surface area contributed by atoms with Gasteiger partial charge < -0.3 is 9.52 Å². The molecule has 140 valence electrons. The van der Waals surface area contributed by atoms with Crippen molar-refractivity contribution in [3.8, 4) is 11.3 Å². The van der Waals surface area contributed by atoms with Crippen molar-refractivity contribution in [2.24, 2.45) is 5.92 Å². The smallest absolute Gasteiger partial charge is 0.304 e. The predicted molar refractivity (Wildman–Crippen MR) is 104 cm³/mol. The molecule has 0 bridgehead atoms. The van der Waals surface area contributed by atoms with Gasteiger partial charge in [-0.3, -0.25) is 14.5 Å². The van der Waals surface area contributed by atoms with Crippen LogP contribution in [0.2, 0.25) is 5.02 Å². The molecule has 2 heterocycles. The van der Waals surface area contributed by atoms with Gasteiger partial charge in [0.1, 0.15) is 5.76 Å². The third kappa shape index (κ3) is 4.56. The van der Waals surface area contributed by atoms with Crippen molar-refractivity contribution in [3.05, 3.63) is 58.8 Å². The Labute approximate surface area is 165 Å². The van der Waals surface area contributed by atoms with Crippen LogP contribution in [-0.2, 0) is 16.0 Å². The quantitative estimate of drug-likeness (QED) is 0.632. The lowest BCUT2D eigenvalue weighted by molar-refractivity contribution is -0.140. The fourth-order valence-electron chi connectivity index (χ4n) is 2.71. The van der Waals surface area contributed by atoms with Crippen molar-refractivity contribution < 1.29 is 19.1 Å². The van der Waals surface area contributed by atoms with Gasteiger partial charge in [-0.05, 0) is 18.2 Å². The van der Waals surface area contributed by atoms with Crippen molar-refractivity contribution in [3.63, 3.8) is 0 Å². The molecule has 3 rings (SSSR count). The minimum Gasteiger partial charge on any atom is -0.481 e. The van der Waals surface area contributed by atoms with Crippen LogP contribution in [-0.4, -0.2) is 29.0 Å². The Balaban J connectivity index is 1.80. The minimum absolute atomic E-state index is 0.214. The van der Waals surface area contributed by atoms with Gasteiger partial charge in [0.25, 0.3) is 0 Å². The molecule has 27 heavy (non-hydrogen) atoms. The van der Waals surface area contributed by atoms with E-state index in [4.69, 9.17) is 21.1 Å². The fourth-order valence-corrected chi connectivity index (χ4v) is 3.74. The summed E-state index contributed by atoms with van der Waals surface area (Å²) in [4.78, 5) is 30.0. The zero-order chi connectivity index (χ0) is 19.4. The molecule has 0 saturated heterocycles. The monoisotopic (exact) mass is 404 g/mol. The highest BCUT2D eigenvalue weighted by Gasteiger charge is 2.28. The first-order chi connectivity index (χ1) is 13.0. The van der Waals surface area contributed by atoms with E-state index in [9.17, 15) is 9.59 Å². The van der Waals surface area contributed by atoms with Crippen molar-refractivity contribution >= 4 is 39.9 Å². The summed E-state index contributed by atoms with van der Waals surface area (Å²) in [5, 5.41) is 12.0. The van der Waals surface area contributed by atoms with Crippen LogP contribution in [0.25, 0.3) is 11.3 Å². The molecule has 0 aliphatic rings. The maximum absolute atomic E-state index is 12.9. The summed E-state index contributed by atoms with van der Waals surface area (Å²) < 4.78 is 5.26. The summed E-state index contributed by atoms with van der Waals surface area (Å²) in [6.45, 7) is 0. The number of aromatic nitrogens is 1. The molecule has 1 atom stereocenters. The summed E-state index contributed by atoms with van der Waals surface area (Å²) in [5.74, 6) is -1.54. The number of benzene rings is 1. The first kappa shape index (κ1) is 19.1. The number of anilines is 1. The molecule has 1 aromatic carbocycles. The molecular weight excluding hydrogens is 388 g/mol. The number of amides is 1. The van der Waals surface area contributed by atoms with Crippen molar-refractivity contribution in [2.75, 3.05) is 11.9 Å². The number of thiazole rings is 1. The van der Waals surface area contributed by atoms with E-state index in [2.05, 4.69) is 4.98 Å². The van der Waals surface area contributed by atoms with Gasteiger partial charge in [0, 0.05) is 29.4 Å². The maximum atomic E-state index is 12.9. The number of carboxylic acid groups (broad SMARTS) is 1. The number of halogens is 1. The topological polar surface area (TPSA) is 83.6 Å². The predicted octanol–water partition coefficient (Wildman–Crippen LogP) is 4.35. The molecule has 1 N–H and O–H groups in total. The average Bonchev–Trinajstić information content (AvgIpc) is 3.32. The van der Waals surface area contributed by atoms with Gasteiger partial charge in [0.2, 0.25) is 5.91 Å². The SMILES string of the molecule is CN(C(=O)C(CC(=O)O)Cc1ccco1)c1nc(-c2ccccc2Cl)cs1. The van der Waals surface area contributed by atoms with Gasteiger partial charge in [0.05, 0.1) is 24.3 Å². The summed E-state index contributed by atoms with van der Waals surface area (Å²) in [5.41, 5.74) is 1.45. The molecule has 1 amide bonds. The Hall–Kier alpha value is -2.64. The highest BCUT2D eigenvalue weighted by Crippen LogP contribution is 2.32. The van der Waals surface area contributed by atoms with Gasteiger partial charge in [-0.2, -0.15) is 0 Å². The molecule has 0 aliphatic carbocycles. The number of carbonyl (C=O) groups is 2. The van der Waals surface area contributed by atoms with Crippen LogP contribution in [0.15, 0.2) is 52.5 Å². The first-order valence-corrected chi connectivity index (χ1v) is 9.43. The number of hydrogen-bond acceptors (Lipinski definition) is 5. The number of carboxylic acids is 1. The van der Waals surface area contributed by atoms with Gasteiger partial charge in [-0.25, -0.2) is 4.98 Å². The van der Waals surface area contributed by atoms with E-state index in [1.54, 1.807) is 25.2 Å². The van der Waals surface area contributed by atoms with E-state index in [0.717, 1.165) is 5.56 Å². The molecule has 0 aliphatic heterocycles. The number of hydrogen-bond donors (Lipinski definition) is 1. The van der Waals surface area contributed by atoms with Crippen LogP contribution in [0, 0.1) is 5.92 Å². The Kier molecular flexibility index (Phi) is 5.93. The summed E-state index contributed by atoms with van der Waals surface area (Å²) in [6.07, 6.45) is 1.43. The zero-order valence-corrected chi connectivity index (χ0v) is 16.0. The third-order valence-corrected chi connectivity index (χ3v) is 5.30. The first-order valence-electron chi connectivity index (χ1n) is 8.18. The van der Waals surface area contributed by atoms with E-state index < -0.39 is 11.9 Å². The van der Waals surface area contributed by atoms with E-state index in [-0.39, 0.29) is 18.7 Å². The summed E-state index contributed by atoms with van der Waals surface area (Å²) >= 11 is 7.50. The average molecular weight is 405 g/mol. The largest absolute Gasteiger partial charge is 0.481 e. The molecule has 0 radical (unpaired) electrons. The standard InChI is InChI=1S/C19H17ClN2O4S/c1-22(18(25)12(10-17(23)24)9-13-5-4-8-26-13)19-21-16(11-27-19)14-6-2-3-7-15(14)20/h2-8,11-12H,9-10H2,1H3,(H,23,24). The van der Waals surface area contributed by atoms with E-state index in [1.165, 1.54) is 22.5 Å². The van der Waals surface area contributed by atoms with Crippen LogP contribution >= 0.6 is 22.9 Å². The van der Waals surface area contributed by atoms with Crippen LogP contribution in [0.4, 0.5) is 5.13 Å². The second kappa shape index (κ2) is 8.37. The zero-order valence-electron chi connectivity index (χ0n) is 14.5. The van der Waals surface area contributed by atoms with Crippen molar-refractivity contribution in [2.45, 2.75) is 12.8 Å². The number of furan rings is 1. The molecule has 0 fully saturated rings. The van der Waals surface area contributed by atoms with Gasteiger partial charge in [0.15, 0.2) is 5.13 Å². The molecule has 8 heteroatoms. The van der Waals surface area contributed by atoms with E-state index in [1.807, 2.05) is 23.6 Å². The lowest BCUT2D eigenvalue weighted by atomic mass is 9.98. The molecular formula is C19H17ClN2O4S. The van der Waals surface area contributed by atoms with Crippen molar-refractivity contribution in [1.29, 1.82) is 0 Å². The fraction of sp³-hybridized carbons (Fsp3) is 0.211. The highest BCUT2D eigenvalue weighted by molar-refractivity contribution is 7.14. The third-order valence-electron chi connectivity index (χ3n) is 4.06. The Morgan fingerprint density at radius 2 is 2.07 bits per heavy atom. The van der Waals surface area contributed by atoms with E-state index in [0.29, 0.717) is 21.6 Å². The van der Waals surface area contributed by atoms with Crippen LogP contribution in [0.1, 0.15) is 12.2 Å². The van der Waals surface area contributed by atoms with Crippen molar-refractivity contribution in [1.82, 2.24) is 4.98 Å². The van der Waals surface area contributed by atoms with Gasteiger partial charge >= 0.3 is 5.97 Å². The molecule has 6 nitrogen and oxygen atoms in total. The van der Waals surface area contributed by atoms with Gasteiger partial charge in [-0.15, -0.1) is 11.3 Å². The normalized spacial score (nSPS) is 11.9. The van der Waals surface area contributed by atoms with Crippen LogP contribution in [0.3, 0.4) is 0 Å². The number of rotatable bonds is 7. The molecule has 2 aromatic heterocycles. The van der Waals surface area contributed by atoms with E-state index >= 15 is 0 Å². The number of aliphatic carboxylic acids is 1.